The molecule has 160 valence electrons. The molecule has 4 nitrogen and oxygen atoms in total. The fourth-order valence-corrected chi connectivity index (χ4v) is 5.48. The molecule has 2 bridgehead atoms. The predicted molar refractivity (Wildman–Crippen MR) is 126 cm³/mol. The minimum Gasteiger partial charge on any atom is -0.311 e. The van der Waals surface area contributed by atoms with Gasteiger partial charge in [-0.25, -0.2) is 0 Å². The monoisotopic (exact) mass is 413 g/mol. The number of hydrogen-bond acceptors (Lipinski definition) is 3. The van der Waals surface area contributed by atoms with Crippen LogP contribution in [0.3, 0.4) is 0 Å². The van der Waals surface area contributed by atoms with Crippen LogP contribution in [-0.2, 0) is 19.6 Å². The van der Waals surface area contributed by atoms with Gasteiger partial charge in [-0.2, -0.15) is 0 Å². The first kappa shape index (κ1) is 20.2. The number of rotatable bonds is 5. The second kappa shape index (κ2) is 8.45. The van der Waals surface area contributed by atoms with Crippen molar-refractivity contribution in [3.8, 4) is 11.1 Å². The highest BCUT2D eigenvalue weighted by Gasteiger charge is 2.35. The maximum atomic E-state index is 13.6. The Morgan fingerprint density at radius 2 is 1.65 bits per heavy atom. The maximum absolute atomic E-state index is 13.6. The topological polar surface area (TPSA) is 28.5 Å². The van der Waals surface area contributed by atoms with Crippen LogP contribution in [0.5, 0.6) is 0 Å². The lowest BCUT2D eigenvalue weighted by Gasteiger charge is -2.43. The highest BCUT2D eigenvalue weighted by Crippen LogP contribution is 2.36. The van der Waals surface area contributed by atoms with Gasteiger partial charge in [-0.05, 0) is 55.3 Å². The quantitative estimate of drug-likeness (QED) is 0.628. The molecule has 31 heavy (non-hydrogen) atoms. The van der Waals surface area contributed by atoms with Crippen LogP contribution in [0, 0.1) is 5.92 Å². The fraction of sp³-hybridized carbons (Fsp3) is 0.370. The molecular formula is C27H31N3O. The zero-order valence-electron chi connectivity index (χ0n) is 18.5. The number of likely N-dealkylation sites (tertiary alicyclic amines) is 1. The largest absolute Gasteiger partial charge is 0.311 e. The van der Waals surface area contributed by atoms with Gasteiger partial charge in [0.1, 0.15) is 0 Å². The summed E-state index contributed by atoms with van der Waals surface area (Å²) in [5, 5.41) is 0. The van der Waals surface area contributed by atoms with Crippen LogP contribution in [-0.4, -0.2) is 41.6 Å². The molecule has 3 heterocycles. The highest BCUT2D eigenvalue weighted by molar-refractivity contribution is 5.66. The molecule has 2 aliphatic rings. The summed E-state index contributed by atoms with van der Waals surface area (Å²) in [6, 6.07) is 23.3. The minimum absolute atomic E-state index is 0.176. The van der Waals surface area contributed by atoms with Crippen molar-refractivity contribution in [2.24, 2.45) is 5.92 Å². The number of nitrogens with zero attached hydrogens (tertiary/aromatic N) is 3. The molecule has 1 fully saturated rings. The molecule has 1 aromatic heterocycles. The van der Waals surface area contributed by atoms with Crippen molar-refractivity contribution in [1.29, 1.82) is 0 Å². The Hall–Kier alpha value is -2.69. The van der Waals surface area contributed by atoms with E-state index in [4.69, 9.17) is 0 Å². The molecule has 1 saturated heterocycles. The van der Waals surface area contributed by atoms with E-state index in [-0.39, 0.29) is 5.56 Å². The van der Waals surface area contributed by atoms with Gasteiger partial charge in [0.2, 0.25) is 0 Å². The van der Waals surface area contributed by atoms with E-state index in [9.17, 15) is 4.79 Å². The van der Waals surface area contributed by atoms with Crippen molar-refractivity contribution >= 4 is 0 Å². The summed E-state index contributed by atoms with van der Waals surface area (Å²) >= 11 is 0. The SMILES string of the molecule is CN(C)Cc1ccccc1-c1ccc2n(c1=O)CC1CC2CN(Cc2ccccc2)C1. The van der Waals surface area contributed by atoms with Crippen molar-refractivity contribution in [3.05, 3.63) is 93.9 Å². The van der Waals surface area contributed by atoms with Crippen molar-refractivity contribution in [3.63, 3.8) is 0 Å². The summed E-state index contributed by atoms with van der Waals surface area (Å²) in [7, 11) is 4.14. The van der Waals surface area contributed by atoms with Crippen LogP contribution >= 0.6 is 0 Å². The van der Waals surface area contributed by atoms with E-state index in [0.717, 1.165) is 43.9 Å². The van der Waals surface area contributed by atoms with Crippen LogP contribution in [0.4, 0.5) is 0 Å². The first-order chi connectivity index (χ1) is 15.1. The third kappa shape index (κ3) is 4.10. The number of pyridine rings is 1. The van der Waals surface area contributed by atoms with E-state index in [1.54, 1.807) is 0 Å². The first-order valence-electron chi connectivity index (χ1n) is 11.3. The summed E-state index contributed by atoms with van der Waals surface area (Å²) < 4.78 is 2.08. The summed E-state index contributed by atoms with van der Waals surface area (Å²) in [4.78, 5) is 18.3. The second-order valence-electron chi connectivity index (χ2n) is 9.46. The number of benzene rings is 2. The van der Waals surface area contributed by atoms with Gasteiger partial charge in [-0.1, -0.05) is 54.6 Å². The number of hydrogen-bond donors (Lipinski definition) is 0. The average Bonchev–Trinajstić information content (AvgIpc) is 2.75. The molecule has 4 heteroatoms. The van der Waals surface area contributed by atoms with Gasteiger partial charge in [-0.3, -0.25) is 9.69 Å². The van der Waals surface area contributed by atoms with E-state index < -0.39 is 0 Å². The molecule has 2 atom stereocenters. The van der Waals surface area contributed by atoms with E-state index in [1.807, 2.05) is 6.07 Å². The molecule has 0 radical (unpaired) electrons. The summed E-state index contributed by atoms with van der Waals surface area (Å²) in [6.45, 7) is 4.75. The van der Waals surface area contributed by atoms with Gasteiger partial charge in [0.25, 0.3) is 5.56 Å². The molecule has 5 rings (SSSR count). The minimum atomic E-state index is 0.176. The third-order valence-electron chi connectivity index (χ3n) is 6.72. The van der Waals surface area contributed by atoms with E-state index in [2.05, 4.69) is 89.1 Å². The van der Waals surface area contributed by atoms with Crippen molar-refractivity contribution < 1.29 is 0 Å². The Labute approximate surface area is 184 Å². The van der Waals surface area contributed by atoms with Crippen LogP contribution in [0.25, 0.3) is 11.1 Å². The molecule has 2 aromatic carbocycles. The Bertz CT molecular complexity index is 1120. The second-order valence-corrected chi connectivity index (χ2v) is 9.46. The molecule has 0 N–H and O–H groups in total. The molecular weight excluding hydrogens is 382 g/mol. The van der Waals surface area contributed by atoms with Crippen molar-refractivity contribution in [2.45, 2.75) is 32.0 Å². The highest BCUT2D eigenvalue weighted by atomic mass is 16.1. The van der Waals surface area contributed by atoms with Gasteiger partial charge >= 0.3 is 0 Å². The van der Waals surface area contributed by atoms with Crippen LogP contribution in [0.1, 0.15) is 29.2 Å². The predicted octanol–water partition coefficient (Wildman–Crippen LogP) is 4.20. The lowest BCUT2D eigenvalue weighted by molar-refractivity contribution is 0.114. The van der Waals surface area contributed by atoms with Crippen molar-refractivity contribution in [1.82, 2.24) is 14.4 Å². The van der Waals surface area contributed by atoms with E-state index in [0.29, 0.717) is 11.8 Å². The standard InChI is InChI=1S/C27H31N3O/c1-28(2)18-22-10-6-7-11-24(22)25-12-13-26-23-14-21(17-30(26)27(25)31)16-29(19-23)15-20-8-4-3-5-9-20/h3-13,21,23H,14-19H2,1-2H3. The summed E-state index contributed by atoms with van der Waals surface area (Å²) in [6.07, 6.45) is 1.20. The van der Waals surface area contributed by atoms with Crippen LogP contribution < -0.4 is 5.56 Å². The zero-order valence-corrected chi connectivity index (χ0v) is 18.5. The molecule has 3 aromatic rings. The van der Waals surface area contributed by atoms with Gasteiger partial charge in [-0.15, -0.1) is 0 Å². The Balaban J connectivity index is 1.45. The molecule has 2 aliphatic heterocycles. The third-order valence-corrected chi connectivity index (χ3v) is 6.72. The lowest BCUT2D eigenvalue weighted by atomic mass is 9.82. The first-order valence-corrected chi connectivity index (χ1v) is 11.3. The van der Waals surface area contributed by atoms with Gasteiger partial charge in [0.15, 0.2) is 0 Å². The molecule has 0 spiro atoms. The van der Waals surface area contributed by atoms with E-state index in [1.165, 1.54) is 23.2 Å². The van der Waals surface area contributed by atoms with Crippen molar-refractivity contribution in [2.75, 3.05) is 27.2 Å². The Kier molecular flexibility index (Phi) is 5.51. The maximum Gasteiger partial charge on any atom is 0.258 e. The molecule has 0 aliphatic carbocycles. The molecule has 0 saturated carbocycles. The number of fused-ring (bicyclic) bond motifs is 4. The number of piperidine rings is 1. The van der Waals surface area contributed by atoms with Gasteiger partial charge < -0.3 is 9.47 Å². The summed E-state index contributed by atoms with van der Waals surface area (Å²) in [5.41, 5.74) is 5.87. The molecule has 2 unspecified atom stereocenters. The smallest absolute Gasteiger partial charge is 0.258 e. The fourth-order valence-electron chi connectivity index (χ4n) is 5.48. The Morgan fingerprint density at radius 1 is 0.871 bits per heavy atom. The van der Waals surface area contributed by atoms with Crippen LogP contribution in [0.15, 0.2) is 71.5 Å². The van der Waals surface area contributed by atoms with Gasteiger partial charge in [0.05, 0.1) is 0 Å². The molecule has 0 amide bonds. The Morgan fingerprint density at radius 3 is 2.45 bits per heavy atom. The van der Waals surface area contributed by atoms with Crippen LogP contribution in [0.2, 0.25) is 0 Å². The summed E-state index contributed by atoms with van der Waals surface area (Å²) in [5.74, 6) is 0.981. The normalized spacial score (nSPS) is 20.6. The lowest BCUT2D eigenvalue weighted by Crippen LogP contribution is -2.46. The number of aromatic nitrogens is 1. The van der Waals surface area contributed by atoms with E-state index >= 15 is 0 Å². The zero-order chi connectivity index (χ0) is 21.4. The average molecular weight is 414 g/mol. The van der Waals surface area contributed by atoms with Gasteiger partial charge in [0, 0.05) is 49.9 Å².